The largest absolute Gasteiger partial charge is 0.381 e. The van der Waals surface area contributed by atoms with Gasteiger partial charge in [0.15, 0.2) is 0 Å². The second kappa shape index (κ2) is 6.51. The van der Waals surface area contributed by atoms with E-state index in [-0.39, 0.29) is 10.6 Å². The molecule has 2 aliphatic heterocycles. The number of aromatic amines is 1. The fourth-order valence-electron chi connectivity index (χ4n) is 3.86. The average Bonchev–Trinajstić information content (AvgIpc) is 3.39. The number of rotatable bonds is 3. The lowest BCUT2D eigenvalue weighted by atomic mass is 9.92. The molecule has 1 N–H and O–H groups in total. The number of aryl methyl sites for hydroxylation is 1. The Kier molecular flexibility index (Phi) is 4.01. The first kappa shape index (κ1) is 16.0. The molecule has 3 aromatic heterocycles. The number of aromatic nitrogens is 5. The van der Waals surface area contributed by atoms with Gasteiger partial charge in [0.2, 0.25) is 0 Å². The van der Waals surface area contributed by atoms with E-state index < -0.39 is 0 Å². The Labute approximate surface area is 155 Å². The molecule has 0 aliphatic carbocycles. The Balaban J connectivity index is 1.57. The number of pyridine rings is 1. The van der Waals surface area contributed by atoms with E-state index in [0.717, 1.165) is 43.1 Å². The monoisotopic (exact) mass is 368 g/mol. The lowest BCUT2D eigenvalue weighted by Crippen LogP contribution is -2.25. The van der Waals surface area contributed by atoms with E-state index in [1.54, 1.807) is 6.33 Å². The number of aliphatic imine (C=N–C) groups is 1. The summed E-state index contributed by atoms with van der Waals surface area (Å²) in [7, 11) is 0. The van der Waals surface area contributed by atoms with Crippen LogP contribution in [0.25, 0.3) is 5.52 Å². The van der Waals surface area contributed by atoms with E-state index in [1.807, 2.05) is 28.5 Å². The number of nitrogens with zero attached hydrogens (tertiary/aromatic N) is 5. The molecule has 5 rings (SSSR count). The zero-order valence-corrected chi connectivity index (χ0v) is 15.3. The van der Waals surface area contributed by atoms with Gasteiger partial charge in [0.25, 0.3) is 0 Å². The van der Waals surface area contributed by atoms with Crippen LogP contribution in [0.5, 0.6) is 0 Å². The van der Waals surface area contributed by atoms with E-state index >= 15 is 0 Å². The molecule has 5 heterocycles. The first-order valence-corrected chi connectivity index (χ1v) is 9.85. The molecule has 134 valence electrons. The molecule has 0 spiro atoms. The third-order valence-corrected chi connectivity index (χ3v) is 6.47. The fourth-order valence-corrected chi connectivity index (χ4v) is 5.37. The third kappa shape index (κ3) is 2.64. The van der Waals surface area contributed by atoms with Gasteiger partial charge in [-0.3, -0.25) is 10.1 Å². The summed E-state index contributed by atoms with van der Waals surface area (Å²) < 4.78 is 7.49. The van der Waals surface area contributed by atoms with E-state index in [9.17, 15) is 0 Å². The van der Waals surface area contributed by atoms with Crippen LogP contribution in [-0.4, -0.2) is 43.7 Å². The second-order valence-corrected chi connectivity index (χ2v) is 7.90. The maximum Gasteiger partial charge on any atom is 0.143 e. The van der Waals surface area contributed by atoms with Gasteiger partial charge in [-0.1, -0.05) is 6.07 Å². The number of fused-ring (bicyclic) bond motifs is 1. The zero-order chi connectivity index (χ0) is 17.5. The molecule has 8 heteroatoms. The van der Waals surface area contributed by atoms with Gasteiger partial charge >= 0.3 is 0 Å². The van der Waals surface area contributed by atoms with Crippen molar-refractivity contribution in [3.63, 3.8) is 0 Å². The maximum absolute atomic E-state index is 5.55. The predicted molar refractivity (Wildman–Crippen MR) is 100 cm³/mol. The zero-order valence-electron chi connectivity index (χ0n) is 14.5. The summed E-state index contributed by atoms with van der Waals surface area (Å²) in [4.78, 5) is 9.61. The van der Waals surface area contributed by atoms with Crippen molar-refractivity contribution in [3.8, 4) is 0 Å². The van der Waals surface area contributed by atoms with Gasteiger partial charge in [-0.25, -0.2) is 9.50 Å². The first-order valence-electron chi connectivity index (χ1n) is 8.91. The van der Waals surface area contributed by atoms with Gasteiger partial charge in [-0.2, -0.15) is 10.2 Å². The molecule has 2 unspecified atom stereocenters. The van der Waals surface area contributed by atoms with Crippen molar-refractivity contribution in [2.24, 2.45) is 10.9 Å². The molecule has 2 aliphatic rings. The molecule has 0 amide bonds. The SMILES string of the molecule is Cc1nn2ccccc2c1C1N=C(C2CCOCC2)C(c2ncn[nH]2)S1. The Morgan fingerprint density at radius 2 is 2.15 bits per heavy atom. The number of nitrogens with one attached hydrogen (secondary N) is 1. The molecule has 0 saturated carbocycles. The van der Waals surface area contributed by atoms with Crippen LogP contribution < -0.4 is 0 Å². The minimum atomic E-state index is 0.0304. The van der Waals surface area contributed by atoms with Crippen molar-refractivity contribution in [2.45, 2.75) is 30.4 Å². The van der Waals surface area contributed by atoms with Gasteiger partial charge < -0.3 is 4.74 Å². The highest BCUT2D eigenvalue weighted by Crippen LogP contribution is 2.51. The summed E-state index contributed by atoms with van der Waals surface area (Å²) in [6.45, 7) is 3.67. The summed E-state index contributed by atoms with van der Waals surface area (Å²) >= 11 is 1.83. The Bertz CT molecular complexity index is 944. The van der Waals surface area contributed by atoms with Crippen LogP contribution in [0.3, 0.4) is 0 Å². The number of H-pyrrole nitrogens is 1. The summed E-state index contributed by atoms with van der Waals surface area (Å²) in [5.41, 5.74) is 4.56. The molecular weight excluding hydrogens is 348 g/mol. The Morgan fingerprint density at radius 3 is 2.96 bits per heavy atom. The van der Waals surface area contributed by atoms with Gasteiger partial charge in [0, 0.05) is 36.6 Å². The highest BCUT2D eigenvalue weighted by molar-refractivity contribution is 8.00. The van der Waals surface area contributed by atoms with Gasteiger partial charge in [-0.15, -0.1) is 11.8 Å². The van der Waals surface area contributed by atoms with Crippen LogP contribution in [0.4, 0.5) is 0 Å². The van der Waals surface area contributed by atoms with Crippen LogP contribution in [-0.2, 0) is 4.74 Å². The number of hydrogen-bond donors (Lipinski definition) is 1. The van der Waals surface area contributed by atoms with Crippen molar-refractivity contribution >= 4 is 23.0 Å². The highest BCUT2D eigenvalue weighted by atomic mass is 32.2. The smallest absolute Gasteiger partial charge is 0.143 e. The average molecular weight is 368 g/mol. The van der Waals surface area contributed by atoms with E-state index in [4.69, 9.17) is 9.73 Å². The van der Waals surface area contributed by atoms with Crippen molar-refractivity contribution in [3.05, 3.63) is 47.8 Å². The highest BCUT2D eigenvalue weighted by Gasteiger charge is 2.39. The molecule has 0 bridgehead atoms. The molecule has 7 nitrogen and oxygen atoms in total. The molecule has 1 saturated heterocycles. The van der Waals surface area contributed by atoms with Crippen LogP contribution in [0, 0.1) is 12.8 Å². The van der Waals surface area contributed by atoms with Gasteiger partial charge in [-0.05, 0) is 31.9 Å². The lowest BCUT2D eigenvalue weighted by molar-refractivity contribution is 0.0824. The summed E-state index contributed by atoms with van der Waals surface area (Å²) in [6, 6.07) is 6.16. The van der Waals surface area contributed by atoms with Crippen LogP contribution in [0.15, 0.2) is 35.7 Å². The molecule has 0 radical (unpaired) electrons. The maximum atomic E-state index is 5.55. The normalized spacial score (nSPS) is 24.3. The first-order chi connectivity index (χ1) is 12.8. The van der Waals surface area contributed by atoms with E-state index in [0.29, 0.717) is 5.92 Å². The predicted octanol–water partition coefficient (Wildman–Crippen LogP) is 3.12. The van der Waals surface area contributed by atoms with Crippen molar-refractivity contribution in [1.29, 1.82) is 0 Å². The minimum Gasteiger partial charge on any atom is -0.381 e. The summed E-state index contributed by atoms with van der Waals surface area (Å²) in [5, 5.41) is 11.9. The molecule has 3 aromatic rings. The molecule has 0 aromatic carbocycles. The fraction of sp³-hybridized carbons (Fsp3) is 0.444. The number of thioether (sulfide) groups is 1. The van der Waals surface area contributed by atoms with Crippen molar-refractivity contribution in [2.75, 3.05) is 13.2 Å². The lowest BCUT2D eigenvalue weighted by Gasteiger charge is -2.24. The molecular formula is C18H20N6OS. The molecule has 2 atom stereocenters. The van der Waals surface area contributed by atoms with Crippen LogP contribution in [0.2, 0.25) is 0 Å². The third-order valence-electron chi connectivity index (χ3n) is 5.13. The van der Waals surface area contributed by atoms with Crippen molar-refractivity contribution in [1.82, 2.24) is 24.8 Å². The standard InChI is InChI=1S/C18H20N6OS/c1-11-14(13-4-2-3-7-24(13)23-11)18-21-15(12-5-8-25-9-6-12)16(26-18)17-19-10-20-22-17/h2-4,7,10,12,16,18H,5-6,8-9H2,1H3,(H,19,20,22). The van der Waals surface area contributed by atoms with Crippen LogP contribution in [0.1, 0.15) is 40.5 Å². The quantitative estimate of drug-likeness (QED) is 0.768. The summed E-state index contributed by atoms with van der Waals surface area (Å²) in [5.74, 6) is 1.33. The Morgan fingerprint density at radius 1 is 1.27 bits per heavy atom. The van der Waals surface area contributed by atoms with Gasteiger partial charge in [0.05, 0.1) is 11.2 Å². The minimum absolute atomic E-state index is 0.0304. The topological polar surface area (TPSA) is 80.5 Å². The van der Waals surface area contributed by atoms with E-state index in [1.165, 1.54) is 11.3 Å². The Hall–Kier alpha value is -2.19. The second-order valence-electron chi connectivity index (χ2n) is 6.71. The van der Waals surface area contributed by atoms with E-state index in [2.05, 4.69) is 39.3 Å². The number of hydrogen-bond acceptors (Lipinski definition) is 6. The van der Waals surface area contributed by atoms with Crippen molar-refractivity contribution < 1.29 is 4.74 Å². The molecule has 1 fully saturated rings. The molecule has 26 heavy (non-hydrogen) atoms. The van der Waals surface area contributed by atoms with Crippen LogP contribution >= 0.6 is 11.8 Å². The van der Waals surface area contributed by atoms with Gasteiger partial charge in [0.1, 0.15) is 22.8 Å². The number of ether oxygens (including phenoxy) is 1. The summed E-state index contributed by atoms with van der Waals surface area (Å²) in [6.07, 6.45) is 5.60.